The molecule has 2 heteroatoms. The van der Waals surface area contributed by atoms with E-state index in [1.807, 2.05) is 11.1 Å². The lowest BCUT2D eigenvalue weighted by molar-refractivity contribution is -0.0517. The average molecular weight is 1010 g/mol. The molecular formula is C72H108O2. The summed E-state index contributed by atoms with van der Waals surface area (Å²) >= 11 is 0. The van der Waals surface area contributed by atoms with E-state index in [1.54, 1.807) is 14.2 Å². The number of hydrogen-bond donors (Lipinski definition) is 0. The van der Waals surface area contributed by atoms with Gasteiger partial charge in [-0.05, 0) is 243 Å². The Balaban J connectivity index is 0.000000182. The van der Waals surface area contributed by atoms with Crippen molar-refractivity contribution in [3.63, 3.8) is 0 Å². The van der Waals surface area contributed by atoms with Crippen LogP contribution in [0.4, 0.5) is 0 Å². The van der Waals surface area contributed by atoms with Gasteiger partial charge in [-0.2, -0.15) is 0 Å². The van der Waals surface area contributed by atoms with Crippen molar-refractivity contribution >= 4 is 12.2 Å². The van der Waals surface area contributed by atoms with Crippen LogP contribution >= 0.6 is 0 Å². The highest BCUT2D eigenvalue weighted by atomic mass is 16.5. The number of hydrogen-bond acceptors (Lipinski definition) is 2. The lowest BCUT2D eigenvalue weighted by atomic mass is 9.46. The molecule has 6 fully saturated rings. The number of benzene rings is 2. The van der Waals surface area contributed by atoms with Crippen LogP contribution in [0.5, 0.6) is 11.5 Å². The molecule has 0 aliphatic heterocycles. The summed E-state index contributed by atoms with van der Waals surface area (Å²) in [5, 5.41) is 0. The van der Waals surface area contributed by atoms with Crippen molar-refractivity contribution in [2.75, 3.05) is 14.2 Å². The molecule has 0 bridgehead atoms. The standard InChI is InChI=1S/2C36H54O/c2*1-25(2)8-7-9-26(3)32-18-19-33-31-17-14-29-24-28(11-10-27-12-15-30(37-6)16-13-27)20-22-35(29,4)34(31)21-23-36(32,33)5/h2*10-16,25-26,28,31-34H,7-9,17-24H2,1-6H3/b2*11-10+/t2*26-,28+,31+,32-,33+,34+,35+,36-/m11/s1. The summed E-state index contributed by atoms with van der Waals surface area (Å²) in [6, 6.07) is 17.0. The van der Waals surface area contributed by atoms with Crippen molar-refractivity contribution in [3.05, 3.63) is 95.1 Å². The van der Waals surface area contributed by atoms with E-state index >= 15 is 0 Å². The Hall–Kier alpha value is -3.00. The summed E-state index contributed by atoms with van der Waals surface area (Å²) in [5.41, 5.74) is 8.29. The molecule has 2 aromatic rings. The van der Waals surface area contributed by atoms with Crippen LogP contribution in [-0.4, -0.2) is 14.2 Å². The van der Waals surface area contributed by atoms with Gasteiger partial charge in [0.2, 0.25) is 0 Å². The van der Waals surface area contributed by atoms with E-state index in [4.69, 9.17) is 9.47 Å². The van der Waals surface area contributed by atoms with E-state index < -0.39 is 0 Å². The highest BCUT2D eigenvalue weighted by Crippen LogP contribution is 2.69. The molecule has 408 valence electrons. The Morgan fingerprint density at radius 1 is 0.473 bits per heavy atom. The minimum Gasteiger partial charge on any atom is -0.497 e. The van der Waals surface area contributed by atoms with E-state index in [0.717, 1.165) is 82.5 Å². The fourth-order valence-electron chi connectivity index (χ4n) is 19.7. The van der Waals surface area contributed by atoms with Gasteiger partial charge in [0.15, 0.2) is 0 Å². The number of fused-ring (bicyclic) bond motifs is 10. The van der Waals surface area contributed by atoms with E-state index in [2.05, 4.69) is 154 Å². The topological polar surface area (TPSA) is 18.5 Å². The zero-order valence-corrected chi connectivity index (χ0v) is 49.5. The number of allylic oxidation sites excluding steroid dienone is 6. The van der Waals surface area contributed by atoms with Crippen molar-refractivity contribution in [1.29, 1.82) is 0 Å². The molecule has 0 aromatic heterocycles. The first kappa shape index (κ1) is 55.7. The third-order valence-electron chi connectivity index (χ3n) is 24.0. The summed E-state index contributed by atoms with van der Waals surface area (Å²) < 4.78 is 10.6. The first-order chi connectivity index (χ1) is 35.5. The molecule has 0 heterocycles. The zero-order chi connectivity index (χ0) is 52.4. The van der Waals surface area contributed by atoms with Crippen molar-refractivity contribution in [2.24, 2.45) is 105 Å². The maximum atomic E-state index is 5.32. The summed E-state index contributed by atoms with van der Waals surface area (Å²) in [6.45, 7) is 25.5. The third-order valence-corrected chi connectivity index (χ3v) is 24.0. The van der Waals surface area contributed by atoms with Crippen LogP contribution in [0.1, 0.15) is 222 Å². The molecule has 74 heavy (non-hydrogen) atoms. The molecule has 0 N–H and O–H groups in total. The molecule has 2 aromatic carbocycles. The average Bonchev–Trinajstić information content (AvgIpc) is 3.94. The Bertz CT molecular complexity index is 2100. The maximum Gasteiger partial charge on any atom is 0.118 e. The predicted molar refractivity (Wildman–Crippen MR) is 317 cm³/mol. The van der Waals surface area contributed by atoms with E-state index in [0.29, 0.717) is 33.5 Å². The molecule has 8 aliphatic carbocycles. The first-order valence-electron chi connectivity index (χ1n) is 31.5. The molecule has 10 rings (SSSR count). The summed E-state index contributed by atoms with van der Waals surface area (Å²) in [4.78, 5) is 0. The van der Waals surface area contributed by atoms with Gasteiger partial charge in [-0.15, -0.1) is 0 Å². The largest absolute Gasteiger partial charge is 0.497 e. The molecule has 8 aliphatic rings. The smallest absolute Gasteiger partial charge is 0.118 e. The van der Waals surface area contributed by atoms with Gasteiger partial charge in [-0.25, -0.2) is 0 Å². The molecular weight excluding hydrogens is 897 g/mol. The molecule has 0 saturated heterocycles. The highest BCUT2D eigenvalue weighted by molar-refractivity contribution is 5.52. The van der Waals surface area contributed by atoms with E-state index in [-0.39, 0.29) is 0 Å². The molecule has 0 amide bonds. The molecule has 0 unspecified atom stereocenters. The van der Waals surface area contributed by atoms with E-state index in [1.165, 1.54) is 152 Å². The summed E-state index contributed by atoms with van der Waals surface area (Å²) in [5.74, 6) is 14.3. The lowest BCUT2D eigenvalue weighted by Gasteiger charge is -2.58. The fourth-order valence-corrected chi connectivity index (χ4v) is 19.7. The second kappa shape index (κ2) is 23.5. The second-order valence-corrected chi connectivity index (χ2v) is 28.8. The molecule has 0 spiro atoms. The maximum absolute atomic E-state index is 5.32. The van der Waals surface area contributed by atoms with Gasteiger partial charge < -0.3 is 9.47 Å². The highest BCUT2D eigenvalue weighted by Gasteiger charge is 2.61. The fraction of sp³-hybridized carbons (Fsp3) is 0.722. The normalized spacial score (nSPS) is 38.1. The quantitative estimate of drug-likeness (QED) is 0.156. The van der Waals surface area contributed by atoms with Gasteiger partial charge in [0.1, 0.15) is 11.5 Å². The van der Waals surface area contributed by atoms with Crippen LogP contribution < -0.4 is 9.47 Å². The molecule has 6 saturated carbocycles. The van der Waals surface area contributed by atoms with Crippen LogP contribution in [0, 0.1) is 105 Å². The number of methoxy groups -OCH3 is 2. The predicted octanol–water partition coefficient (Wildman–Crippen LogP) is 20.7. The Morgan fingerprint density at radius 3 is 1.23 bits per heavy atom. The van der Waals surface area contributed by atoms with Gasteiger partial charge in [0.25, 0.3) is 0 Å². The van der Waals surface area contributed by atoms with Gasteiger partial charge in [0, 0.05) is 0 Å². The number of ether oxygens (including phenoxy) is 2. The Kier molecular flexibility index (Phi) is 17.7. The lowest BCUT2D eigenvalue weighted by Crippen LogP contribution is -2.50. The van der Waals surface area contributed by atoms with Crippen molar-refractivity contribution in [1.82, 2.24) is 0 Å². The van der Waals surface area contributed by atoms with Crippen LogP contribution in [0.15, 0.2) is 84.0 Å². The van der Waals surface area contributed by atoms with Crippen molar-refractivity contribution < 1.29 is 9.47 Å². The van der Waals surface area contributed by atoms with Gasteiger partial charge in [0.05, 0.1) is 14.2 Å². The van der Waals surface area contributed by atoms with Crippen molar-refractivity contribution in [2.45, 2.75) is 210 Å². The minimum atomic E-state index is 0.454. The summed E-state index contributed by atoms with van der Waals surface area (Å²) in [7, 11) is 3.47. The first-order valence-corrected chi connectivity index (χ1v) is 31.5. The summed E-state index contributed by atoms with van der Waals surface area (Å²) in [6.07, 6.45) is 46.4. The van der Waals surface area contributed by atoms with Crippen LogP contribution in [0.3, 0.4) is 0 Å². The molecule has 16 atom stereocenters. The van der Waals surface area contributed by atoms with Gasteiger partial charge in [-0.3, -0.25) is 0 Å². The van der Waals surface area contributed by atoms with Crippen molar-refractivity contribution in [3.8, 4) is 11.5 Å². The monoisotopic (exact) mass is 1000 g/mol. The third kappa shape index (κ3) is 11.4. The number of rotatable bonds is 16. The molecule has 2 nitrogen and oxygen atoms in total. The van der Waals surface area contributed by atoms with Gasteiger partial charge >= 0.3 is 0 Å². The zero-order valence-electron chi connectivity index (χ0n) is 49.5. The van der Waals surface area contributed by atoms with Crippen LogP contribution in [-0.2, 0) is 0 Å². The minimum absolute atomic E-state index is 0.454. The second-order valence-electron chi connectivity index (χ2n) is 28.8. The Labute approximate surface area is 455 Å². The Morgan fingerprint density at radius 2 is 0.865 bits per heavy atom. The van der Waals surface area contributed by atoms with Gasteiger partial charge in [-0.1, -0.05) is 180 Å². The van der Waals surface area contributed by atoms with Crippen LogP contribution in [0.25, 0.3) is 12.2 Å². The molecule has 0 radical (unpaired) electrons. The van der Waals surface area contributed by atoms with Crippen LogP contribution in [0.2, 0.25) is 0 Å². The van der Waals surface area contributed by atoms with E-state index in [9.17, 15) is 0 Å². The SMILES string of the molecule is COc1ccc(/C=C/[C@H]2CC[C@@]3(C)C(=CC[C@H]4[C@@H]5CC[C@H]([C@H](C)CCCC(C)C)[C@@]5(C)CC[C@@H]43)C2)cc1.COc1ccc(/C=C/[C@H]2CC[C@@]3(C)C(=CC[C@H]4[C@@H]5CC[C@H]([C@H](C)CCCC(C)C)[C@@]5(C)CC[C@@H]43)C2)cc1.